The van der Waals surface area contributed by atoms with Gasteiger partial charge in [-0.3, -0.25) is 4.79 Å². The van der Waals surface area contributed by atoms with Gasteiger partial charge < -0.3 is 9.64 Å². The van der Waals surface area contributed by atoms with Gasteiger partial charge >= 0.3 is 0 Å². The average Bonchev–Trinajstić information content (AvgIpc) is 2.41. The molecular weight excluding hydrogens is 226 g/mol. The van der Waals surface area contributed by atoms with Crippen LogP contribution in [0.4, 0.5) is 0 Å². The summed E-state index contributed by atoms with van der Waals surface area (Å²) in [5.74, 6) is 1.01. The summed E-state index contributed by atoms with van der Waals surface area (Å²) in [4.78, 5) is 14.4. The Morgan fingerprint density at radius 1 is 1.11 bits per heavy atom. The smallest absolute Gasteiger partial charge is 0.254 e. The Kier molecular flexibility index (Phi) is 3.90. The first-order valence-corrected chi connectivity index (χ1v) is 6.58. The highest BCUT2D eigenvalue weighted by molar-refractivity contribution is 5.96. The van der Waals surface area contributed by atoms with E-state index in [1.54, 1.807) is 7.11 Å². The molecular formula is C15H21NO2. The maximum absolute atomic E-state index is 12.5. The van der Waals surface area contributed by atoms with Crippen LogP contribution < -0.4 is 4.74 Å². The van der Waals surface area contributed by atoms with Crippen molar-refractivity contribution in [1.29, 1.82) is 0 Å². The quantitative estimate of drug-likeness (QED) is 0.804. The molecule has 3 nitrogen and oxygen atoms in total. The van der Waals surface area contributed by atoms with Crippen molar-refractivity contribution in [2.24, 2.45) is 0 Å². The molecule has 1 aliphatic rings. The molecule has 0 bridgehead atoms. The van der Waals surface area contributed by atoms with Crippen LogP contribution in [0.1, 0.15) is 40.7 Å². The van der Waals surface area contributed by atoms with E-state index in [4.69, 9.17) is 4.74 Å². The van der Waals surface area contributed by atoms with E-state index in [1.165, 1.54) is 6.42 Å². The van der Waals surface area contributed by atoms with Crippen LogP contribution in [0.2, 0.25) is 0 Å². The molecule has 0 aliphatic carbocycles. The van der Waals surface area contributed by atoms with E-state index in [-0.39, 0.29) is 5.91 Å². The fraction of sp³-hybridized carbons (Fsp3) is 0.533. The van der Waals surface area contributed by atoms with Gasteiger partial charge in [0.15, 0.2) is 0 Å². The van der Waals surface area contributed by atoms with Crippen LogP contribution in [-0.2, 0) is 0 Å². The molecule has 1 aromatic carbocycles. The molecule has 2 rings (SSSR count). The van der Waals surface area contributed by atoms with Crippen molar-refractivity contribution < 1.29 is 9.53 Å². The SMILES string of the molecule is COc1cc(C)c(C(=O)N2CCCCC2)cc1C. The van der Waals surface area contributed by atoms with Crippen LogP contribution in [0.5, 0.6) is 5.75 Å². The third-order valence-electron chi connectivity index (χ3n) is 3.62. The Morgan fingerprint density at radius 3 is 2.39 bits per heavy atom. The number of ether oxygens (including phenoxy) is 1. The molecule has 1 heterocycles. The Hall–Kier alpha value is -1.51. The minimum Gasteiger partial charge on any atom is -0.496 e. The third kappa shape index (κ3) is 2.50. The van der Waals surface area contributed by atoms with Crippen molar-refractivity contribution >= 4 is 5.91 Å². The summed E-state index contributed by atoms with van der Waals surface area (Å²) in [6, 6.07) is 3.90. The molecule has 0 spiro atoms. The summed E-state index contributed by atoms with van der Waals surface area (Å²) in [7, 11) is 1.66. The zero-order chi connectivity index (χ0) is 13.1. The minimum atomic E-state index is 0.165. The number of nitrogens with zero attached hydrogens (tertiary/aromatic N) is 1. The zero-order valence-electron chi connectivity index (χ0n) is 11.5. The molecule has 1 fully saturated rings. The van der Waals surface area contributed by atoms with Crippen LogP contribution in [0.25, 0.3) is 0 Å². The summed E-state index contributed by atoms with van der Waals surface area (Å²) in [5.41, 5.74) is 2.83. The number of methoxy groups -OCH3 is 1. The molecule has 1 saturated heterocycles. The zero-order valence-corrected chi connectivity index (χ0v) is 11.5. The lowest BCUT2D eigenvalue weighted by Gasteiger charge is -2.27. The number of amides is 1. The maximum Gasteiger partial charge on any atom is 0.254 e. The Morgan fingerprint density at radius 2 is 1.78 bits per heavy atom. The molecule has 0 N–H and O–H groups in total. The lowest BCUT2D eigenvalue weighted by molar-refractivity contribution is 0.0723. The molecule has 1 amide bonds. The number of likely N-dealkylation sites (tertiary alicyclic amines) is 1. The predicted octanol–water partition coefficient (Wildman–Crippen LogP) is 2.94. The van der Waals surface area contributed by atoms with Gasteiger partial charge in [0.05, 0.1) is 7.11 Å². The second-order valence-corrected chi connectivity index (χ2v) is 4.99. The Labute approximate surface area is 109 Å². The van der Waals surface area contributed by atoms with Crippen LogP contribution in [0, 0.1) is 13.8 Å². The van der Waals surface area contributed by atoms with Crippen molar-refractivity contribution in [1.82, 2.24) is 4.90 Å². The van der Waals surface area contributed by atoms with E-state index in [9.17, 15) is 4.79 Å². The summed E-state index contributed by atoms with van der Waals surface area (Å²) in [6.07, 6.45) is 3.49. The largest absolute Gasteiger partial charge is 0.496 e. The molecule has 18 heavy (non-hydrogen) atoms. The molecule has 0 unspecified atom stereocenters. The average molecular weight is 247 g/mol. The summed E-state index contributed by atoms with van der Waals surface area (Å²) < 4.78 is 5.28. The maximum atomic E-state index is 12.5. The number of hydrogen-bond donors (Lipinski definition) is 0. The number of aryl methyl sites for hydroxylation is 2. The summed E-state index contributed by atoms with van der Waals surface area (Å²) >= 11 is 0. The van der Waals surface area contributed by atoms with E-state index in [0.29, 0.717) is 0 Å². The van der Waals surface area contributed by atoms with E-state index in [2.05, 4.69) is 0 Å². The topological polar surface area (TPSA) is 29.5 Å². The fourth-order valence-electron chi connectivity index (χ4n) is 2.51. The standard InChI is InChI=1S/C15H21NO2/c1-11-10-14(18-3)12(2)9-13(11)15(17)16-7-5-4-6-8-16/h9-10H,4-8H2,1-3H3. The molecule has 0 radical (unpaired) electrons. The summed E-state index contributed by atoms with van der Waals surface area (Å²) in [5, 5.41) is 0. The first-order valence-electron chi connectivity index (χ1n) is 6.58. The van der Waals surface area contributed by atoms with Crippen LogP contribution in [0.15, 0.2) is 12.1 Å². The van der Waals surface area contributed by atoms with E-state index in [0.717, 1.165) is 48.4 Å². The van der Waals surface area contributed by atoms with Crippen molar-refractivity contribution in [3.63, 3.8) is 0 Å². The number of benzene rings is 1. The van der Waals surface area contributed by atoms with Gasteiger partial charge in [-0.25, -0.2) is 0 Å². The fourth-order valence-corrected chi connectivity index (χ4v) is 2.51. The van der Waals surface area contributed by atoms with Crippen LogP contribution in [0.3, 0.4) is 0 Å². The van der Waals surface area contributed by atoms with Crippen molar-refractivity contribution in [3.8, 4) is 5.75 Å². The molecule has 0 atom stereocenters. The predicted molar refractivity (Wildman–Crippen MR) is 72.2 cm³/mol. The lowest BCUT2D eigenvalue weighted by atomic mass is 10.0. The normalized spacial score (nSPS) is 15.6. The number of carbonyl (C=O) groups excluding carboxylic acids is 1. The number of piperidine rings is 1. The first kappa shape index (κ1) is 12.9. The molecule has 1 aliphatic heterocycles. The van der Waals surface area contributed by atoms with Crippen molar-refractivity contribution in [3.05, 3.63) is 28.8 Å². The Bertz CT molecular complexity index is 448. The highest BCUT2D eigenvalue weighted by Gasteiger charge is 2.20. The number of hydrogen-bond acceptors (Lipinski definition) is 2. The van der Waals surface area contributed by atoms with E-state index < -0.39 is 0 Å². The van der Waals surface area contributed by atoms with E-state index in [1.807, 2.05) is 30.9 Å². The van der Waals surface area contributed by atoms with Crippen molar-refractivity contribution in [2.75, 3.05) is 20.2 Å². The number of carbonyl (C=O) groups is 1. The van der Waals surface area contributed by atoms with Gasteiger partial charge in [0.2, 0.25) is 0 Å². The first-order chi connectivity index (χ1) is 8.63. The minimum absolute atomic E-state index is 0.165. The molecule has 0 saturated carbocycles. The second kappa shape index (κ2) is 5.42. The molecule has 98 valence electrons. The van der Waals surface area contributed by atoms with Gasteiger partial charge in [-0.2, -0.15) is 0 Å². The van der Waals surface area contributed by atoms with Gasteiger partial charge in [0.1, 0.15) is 5.75 Å². The van der Waals surface area contributed by atoms with Gasteiger partial charge in [-0.1, -0.05) is 0 Å². The highest BCUT2D eigenvalue weighted by atomic mass is 16.5. The van der Waals surface area contributed by atoms with Gasteiger partial charge in [0.25, 0.3) is 5.91 Å². The van der Waals surface area contributed by atoms with E-state index >= 15 is 0 Å². The Balaban J connectivity index is 2.27. The third-order valence-corrected chi connectivity index (χ3v) is 3.62. The van der Waals surface area contributed by atoms with Gasteiger partial charge in [-0.05, 0) is 56.4 Å². The second-order valence-electron chi connectivity index (χ2n) is 4.99. The summed E-state index contributed by atoms with van der Waals surface area (Å²) in [6.45, 7) is 5.73. The number of rotatable bonds is 2. The van der Waals surface area contributed by atoms with Crippen LogP contribution >= 0.6 is 0 Å². The lowest BCUT2D eigenvalue weighted by Crippen LogP contribution is -2.36. The van der Waals surface area contributed by atoms with Crippen molar-refractivity contribution in [2.45, 2.75) is 33.1 Å². The molecule has 1 aromatic rings. The highest BCUT2D eigenvalue weighted by Crippen LogP contribution is 2.24. The van der Waals surface area contributed by atoms with Gasteiger partial charge in [0, 0.05) is 18.7 Å². The monoisotopic (exact) mass is 247 g/mol. The molecule has 3 heteroatoms. The van der Waals surface area contributed by atoms with Gasteiger partial charge in [-0.15, -0.1) is 0 Å². The molecule has 0 aromatic heterocycles. The van der Waals surface area contributed by atoms with Crippen LogP contribution in [-0.4, -0.2) is 31.0 Å².